The summed E-state index contributed by atoms with van der Waals surface area (Å²) in [6.07, 6.45) is 62.0. The van der Waals surface area contributed by atoms with Crippen LogP contribution in [0.5, 0.6) is 0 Å². The molecule has 0 aromatic rings. The Morgan fingerprint density at radius 1 is 0.463 bits per heavy atom. The van der Waals surface area contributed by atoms with Crippen molar-refractivity contribution in [3.8, 4) is 0 Å². The van der Waals surface area contributed by atoms with Crippen molar-refractivity contribution in [2.45, 2.75) is 206 Å². The van der Waals surface area contributed by atoms with Gasteiger partial charge in [-0.2, -0.15) is 0 Å². The van der Waals surface area contributed by atoms with Gasteiger partial charge in [-0.25, -0.2) is 0 Å². The monoisotopic (exact) mass is 936 g/mol. The Balaban J connectivity index is 4.09. The number of carboxylic acid groups (broad SMARTS) is 1. The minimum absolute atomic E-state index is 0.143. The smallest absolute Gasteiger partial charge is 0.306 e. The van der Waals surface area contributed by atoms with Gasteiger partial charge in [0.15, 0.2) is 12.4 Å². The topological polar surface area (TPSA) is 111 Å². The molecule has 0 aromatic carbocycles. The third kappa shape index (κ3) is 49.9. The molecule has 2 atom stereocenters. The molecule has 67 heavy (non-hydrogen) atoms. The number of hydrogen-bond acceptors (Lipinski definition) is 8. The maximum absolute atomic E-state index is 12.8. The first-order valence-electron chi connectivity index (χ1n) is 26.4. The summed E-state index contributed by atoms with van der Waals surface area (Å²) in [7, 11) is 5.90. The molecular weight excluding hydrogens is 839 g/mol. The van der Waals surface area contributed by atoms with Gasteiger partial charge in [0.1, 0.15) is 13.2 Å². The van der Waals surface area contributed by atoms with Gasteiger partial charge in [0.25, 0.3) is 0 Å². The predicted molar refractivity (Wildman–Crippen MR) is 278 cm³/mol. The Labute approximate surface area is 410 Å². The molecule has 0 radical (unpaired) electrons. The van der Waals surface area contributed by atoms with Crippen molar-refractivity contribution in [3.63, 3.8) is 0 Å². The Morgan fingerprint density at radius 3 is 1.27 bits per heavy atom. The lowest BCUT2D eigenvalue weighted by Gasteiger charge is -2.26. The van der Waals surface area contributed by atoms with Crippen LogP contribution in [0.1, 0.15) is 194 Å². The van der Waals surface area contributed by atoms with Crippen LogP contribution in [-0.4, -0.2) is 82.3 Å². The molecule has 0 aromatic heterocycles. The molecule has 0 rings (SSSR count). The van der Waals surface area contributed by atoms with E-state index in [1.54, 1.807) is 0 Å². The Bertz CT molecular complexity index is 1420. The first kappa shape index (κ1) is 63.2. The molecule has 0 aliphatic heterocycles. The predicted octanol–water partition coefficient (Wildman–Crippen LogP) is 13.7. The number of ether oxygens (including phenoxy) is 4. The van der Waals surface area contributed by atoms with Crippen LogP contribution in [0, 0.1) is 0 Å². The zero-order valence-corrected chi connectivity index (χ0v) is 43.2. The summed E-state index contributed by atoms with van der Waals surface area (Å²) >= 11 is 0. The van der Waals surface area contributed by atoms with Gasteiger partial charge in [0, 0.05) is 12.8 Å². The van der Waals surface area contributed by atoms with Crippen LogP contribution in [0.3, 0.4) is 0 Å². The summed E-state index contributed by atoms with van der Waals surface area (Å²) in [5.74, 6) is -2.31. The fourth-order valence-electron chi connectivity index (χ4n) is 6.79. The molecule has 0 N–H and O–H groups in total. The summed E-state index contributed by atoms with van der Waals surface area (Å²) in [6.45, 7) is 4.55. The van der Waals surface area contributed by atoms with Crippen LogP contribution in [0.4, 0.5) is 0 Å². The van der Waals surface area contributed by atoms with E-state index in [1.165, 1.54) is 64.2 Å². The lowest BCUT2D eigenvalue weighted by Crippen LogP contribution is -2.44. The van der Waals surface area contributed by atoms with E-state index >= 15 is 0 Å². The van der Waals surface area contributed by atoms with Gasteiger partial charge in [0.05, 0.1) is 40.3 Å². The average Bonchev–Trinajstić information content (AvgIpc) is 3.29. The fourth-order valence-corrected chi connectivity index (χ4v) is 6.79. The molecule has 9 heteroatoms. The van der Waals surface area contributed by atoms with Gasteiger partial charge in [-0.15, -0.1) is 0 Å². The summed E-state index contributed by atoms with van der Waals surface area (Å²) < 4.78 is 22.5. The maximum atomic E-state index is 12.8. The lowest BCUT2D eigenvalue weighted by molar-refractivity contribution is -0.870. The Kier molecular flexibility index (Phi) is 45.9. The van der Waals surface area contributed by atoms with Crippen molar-refractivity contribution in [2.24, 2.45) is 0 Å². The number of hydrogen-bond donors (Lipinski definition) is 0. The summed E-state index contributed by atoms with van der Waals surface area (Å²) in [6, 6.07) is 0. The minimum Gasteiger partial charge on any atom is -0.545 e. The number of nitrogens with zero attached hydrogens (tertiary/aromatic N) is 1. The summed E-state index contributed by atoms with van der Waals surface area (Å²) in [5.41, 5.74) is 0. The van der Waals surface area contributed by atoms with Crippen LogP contribution >= 0.6 is 0 Å². The second kappa shape index (κ2) is 48.7. The SMILES string of the molecule is CC/C=C\C/C=C\C/C=C\C/C=C\C/C=C\C/C=C\C/C=C\C/C=C\CCCCCCCCCCCCC(=O)OC(COC(=O)CCCCCCCCC)COC(OCC[N+](C)(C)C)C(=O)[O-]. The zero-order chi connectivity index (χ0) is 49.2. The number of unbranched alkanes of at least 4 members (excludes halogenated alkanes) is 16. The maximum Gasteiger partial charge on any atom is 0.306 e. The molecule has 0 aliphatic carbocycles. The van der Waals surface area contributed by atoms with Gasteiger partial charge < -0.3 is 33.3 Å². The number of rotatable bonds is 47. The van der Waals surface area contributed by atoms with Crippen molar-refractivity contribution in [3.05, 3.63) is 97.2 Å². The summed E-state index contributed by atoms with van der Waals surface area (Å²) in [5, 5.41) is 11.7. The van der Waals surface area contributed by atoms with Crippen molar-refractivity contribution in [2.75, 3.05) is 47.5 Å². The van der Waals surface area contributed by atoms with Crippen LogP contribution < -0.4 is 5.11 Å². The number of carbonyl (C=O) groups excluding carboxylic acids is 3. The van der Waals surface area contributed by atoms with Gasteiger partial charge in [-0.1, -0.05) is 201 Å². The van der Waals surface area contributed by atoms with Crippen molar-refractivity contribution in [1.29, 1.82) is 0 Å². The minimum atomic E-state index is -1.62. The normalized spacial score (nSPS) is 13.6. The number of quaternary nitrogens is 1. The van der Waals surface area contributed by atoms with Gasteiger partial charge in [0.2, 0.25) is 0 Å². The van der Waals surface area contributed by atoms with Crippen molar-refractivity contribution >= 4 is 17.9 Å². The third-order valence-corrected chi connectivity index (χ3v) is 10.8. The molecule has 0 spiro atoms. The van der Waals surface area contributed by atoms with Crippen LogP contribution in [0.15, 0.2) is 97.2 Å². The first-order chi connectivity index (χ1) is 32.6. The second-order valence-corrected chi connectivity index (χ2v) is 18.4. The van der Waals surface area contributed by atoms with Gasteiger partial charge in [-0.3, -0.25) is 9.59 Å². The zero-order valence-electron chi connectivity index (χ0n) is 43.2. The van der Waals surface area contributed by atoms with Crippen LogP contribution in [0.25, 0.3) is 0 Å². The average molecular weight is 936 g/mol. The highest BCUT2D eigenvalue weighted by atomic mass is 16.7. The third-order valence-electron chi connectivity index (χ3n) is 10.8. The lowest BCUT2D eigenvalue weighted by atomic mass is 10.0. The van der Waals surface area contributed by atoms with E-state index < -0.39 is 24.3 Å². The second-order valence-electron chi connectivity index (χ2n) is 18.4. The molecule has 0 aliphatic rings. The standard InChI is InChI=1S/C58H97NO8/c1-6-8-10-12-14-15-16-17-18-19-20-21-22-23-24-25-26-27-28-29-30-31-32-33-34-35-36-37-38-39-40-41-43-45-47-49-56(61)67-54(52-65-55(60)48-46-44-42-13-11-9-7-2)53-66-58(57(62)63)64-51-50-59(3,4)5/h8,10,14-15,17-18,20-21,23-24,26-27,29-30,32-33,54,58H,6-7,9,11-13,16,19,22,25,28,31,34-53H2,1-5H3/b10-8-,15-14-,18-17-,21-20-,24-23-,27-26-,30-29-,33-32-. The Morgan fingerprint density at radius 2 is 0.851 bits per heavy atom. The molecule has 382 valence electrons. The number of allylic oxidation sites excluding steroid dienone is 16. The van der Waals surface area contributed by atoms with E-state index in [0.29, 0.717) is 17.4 Å². The molecular formula is C58H97NO8. The first-order valence-corrected chi connectivity index (χ1v) is 26.4. The van der Waals surface area contributed by atoms with E-state index in [1.807, 2.05) is 21.1 Å². The highest BCUT2D eigenvalue weighted by Gasteiger charge is 2.21. The van der Waals surface area contributed by atoms with Crippen molar-refractivity contribution in [1.82, 2.24) is 0 Å². The van der Waals surface area contributed by atoms with Crippen molar-refractivity contribution < 1.29 is 42.9 Å². The molecule has 0 bridgehead atoms. The molecule has 0 saturated heterocycles. The highest BCUT2D eigenvalue weighted by Crippen LogP contribution is 2.14. The van der Waals surface area contributed by atoms with E-state index in [-0.39, 0.29) is 38.6 Å². The largest absolute Gasteiger partial charge is 0.545 e. The number of carboxylic acids is 1. The van der Waals surface area contributed by atoms with E-state index in [0.717, 1.165) is 96.3 Å². The molecule has 0 saturated carbocycles. The number of likely N-dealkylation sites (N-methyl/N-ethyl adjacent to an activating group) is 1. The molecule has 0 heterocycles. The molecule has 2 unspecified atom stereocenters. The molecule has 9 nitrogen and oxygen atoms in total. The highest BCUT2D eigenvalue weighted by molar-refractivity contribution is 5.70. The quantitative estimate of drug-likeness (QED) is 0.0195. The van der Waals surface area contributed by atoms with E-state index in [2.05, 4.69) is 111 Å². The van der Waals surface area contributed by atoms with E-state index in [4.69, 9.17) is 18.9 Å². The number of esters is 2. The Hall–Kier alpha value is -3.79. The van der Waals surface area contributed by atoms with Crippen LogP contribution in [0.2, 0.25) is 0 Å². The number of carbonyl (C=O) groups is 3. The molecule has 0 amide bonds. The molecule has 0 fully saturated rings. The van der Waals surface area contributed by atoms with Gasteiger partial charge >= 0.3 is 11.9 Å². The van der Waals surface area contributed by atoms with Gasteiger partial charge in [-0.05, 0) is 77.0 Å². The summed E-state index contributed by atoms with van der Waals surface area (Å²) in [4.78, 5) is 36.9. The van der Waals surface area contributed by atoms with Crippen LogP contribution in [-0.2, 0) is 33.3 Å². The fraction of sp³-hybridized carbons (Fsp3) is 0.672. The van der Waals surface area contributed by atoms with E-state index in [9.17, 15) is 19.5 Å². The number of aliphatic carboxylic acids is 1.